The van der Waals surface area contributed by atoms with Gasteiger partial charge in [-0.05, 0) is 38.1 Å². The molecule has 0 saturated carbocycles. The molecule has 3 aliphatic rings. The third kappa shape index (κ3) is 2.50. The molecule has 3 saturated heterocycles. The molecule has 0 aromatic rings. The summed E-state index contributed by atoms with van der Waals surface area (Å²) in [6, 6.07) is -0.632. The number of likely N-dealkylation sites (tertiary alicyclic amines) is 1. The number of carbonyl (C=O) groups excluding carboxylic acids is 3. The van der Waals surface area contributed by atoms with Crippen molar-refractivity contribution in [3.63, 3.8) is 0 Å². The van der Waals surface area contributed by atoms with E-state index in [0.717, 1.165) is 25.8 Å². The molecule has 3 heterocycles. The largest absolute Gasteiger partial charge is 0.338 e. The summed E-state index contributed by atoms with van der Waals surface area (Å²) in [5.74, 6) is 0.0426. The highest BCUT2D eigenvalue weighted by Gasteiger charge is 2.50. The molecule has 0 radical (unpaired) electrons. The lowest BCUT2D eigenvalue weighted by Gasteiger charge is -2.41. The minimum atomic E-state index is -0.928. The van der Waals surface area contributed by atoms with Gasteiger partial charge in [0.15, 0.2) is 0 Å². The first-order valence-electron chi connectivity index (χ1n) is 7.68. The van der Waals surface area contributed by atoms with Crippen LogP contribution in [0.5, 0.6) is 0 Å². The fourth-order valence-corrected chi connectivity index (χ4v) is 3.64. The lowest BCUT2D eigenvalue weighted by Crippen LogP contribution is -2.62. The van der Waals surface area contributed by atoms with Gasteiger partial charge in [0.1, 0.15) is 5.54 Å². The van der Waals surface area contributed by atoms with Crippen LogP contribution < -0.4 is 16.0 Å². The van der Waals surface area contributed by atoms with Gasteiger partial charge in [-0.25, -0.2) is 4.79 Å². The predicted molar refractivity (Wildman–Crippen MR) is 75.4 cm³/mol. The molecule has 1 spiro atoms. The fraction of sp³-hybridized carbons (Fsp3) is 0.786. The quantitative estimate of drug-likeness (QED) is 0.573. The van der Waals surface area contributed by atoms with Crippen molar-refractivity contribution in [1.82, 2.24) is 20.9 Å². The fourth-order valence-electron chi connectivity index (χ4n) is 3.64. The lowest BCUT2D eigenvalue weighted by molar-refractivity contribution is -0.139. The first kappa shape index (κ1) is 14.3. The summed E-state index contributed by atoms with van der Waals surface area (Å²) in [7, 11) is 0. The highest BCUT2D eigenvalue weighted by molar-refractivity contribution is 6.07. The van der Waals surface area contributed by atoms with Gasteiger partial charge < -0.3 is 15.5 Å². The van der Waals surface area contributed by atoms with Gasteiger partial charge in [0.25, 0.3) is 5.91 Å². The van der Waals surface area contributed by atoms with Gasteiger partial charge in [0.05, 0.1) is 12.6 Å². The Labute approximate surface area is 123 Å². The van der Waals surface area contributed by atoms with E-state index in [4.69, 9.17) is 0 Å². The van der Waals surface area contributed by atoms with Crippen molar-refractivity contribution in [3.05, 3.63) is 0 Å². The first-order chi connectivity index (χ1) is 10.0. The molecule has 0 aromatic carbocycles. The molecule has 0 aliphatic carbocycles. The molecular weight excluding hydrogens is 272 g/mol. The van der Waals surface area contributed by atoms with E-state index in [0.29, 0.717) is 18.9 Å². The Morgan fingerprint density at radius 2 is 2.14 bits per heavy atom. The van der Waals surface area contributed by atoms with Crippen LogP contribution >= 0.6 is 0 Å². The van der Waals surface area contributed by atoms with Gasteiger partial charge in [-0.3, -0.25) is 14.9 Å². The van der Waals surface area contributed by atoms with Crippen LogP contribution in [0.3, 0.4) is 0 Å². The molecule has 7 heteroatoms. The third-order valence-electron chi connectivity index (χ3n) is 4.85. The highest BCUT2D eigenvalue weighted by atomic mass is 16.2. The first-order valence-corrected chi connectivity index (χ1v) is 7.68. The molecule has 21 heavy (non-hydrogen) atoms. The van der Waals surface area contributed by atoms with Crippen molar-refractivity contribution < 1.29 is 14.4 Å². The average Bonchev–Trinajstić information content (AvgIpc) is 2.72. The van der Waals surface area contributed by atoms with E-state index in [2.05, 4.69) is 22.9 Å². The average molecular weight is 294 g/mol. The number of carbonyl (C=O) groups is 3. The smallest absolute Gasteiger partial charge is 0.322 e. The van der Waals surface area contributed by atoms with E-state index < -0.39 is 11.6 Å². The van der Waals surface area contributed by atoms with Gasteiger partial charge >= 0.3 is 6.03 Å². The summed E-state index contributed by atoms with van der Waals surface area (Å²) < 4.78 is 0. The maximum Gasteiger partial charge on any atom is 0.322 e. The highest BCUT2D eigenvalue weighted by Crippen LogP contribution is 2.26. The Bertz CT molecular complexity index is 481. The zero-order chi connectivity index (χ0) is 15.0. The van der Waals surface area contributed by atoms with E-state index in [1.165, 1.54) is 0 Å². The number of amides is 4. The Hall–Kier alpha value is -1.63. The second-order valence-electron chi connectivity index (χ2n) is 6.41. The Morgan fingerprint density at radius 1 is 1.33 bits per heavy atom. The Balaban J connectivity index is 1.72. The zero-order valence-corrected chi connectivity index (χ0v) is 12.3. The van der Waals surface area contributed by atoms with E-state index in [1.54, 1.807) is 4.90 Å². The van der Waals surface area contributed by atoms with Crippen molar-refractivity contribution in [2.75, 3.05) is 19.6 Å². The molecule has 3 aliphatic heterocycles. The molecule has 0 aromatic heterocycles. The van der Waals surface area contributed by atoms with Gasteiger partial charge in [0.2, 0.25) is 5.91 Å². The van der Waals surface area contributed by atoms with Crippen LogP contribution in [-0.2, 0) is 9.59 Å². The van der Waals surface area contributed by atoms with E-state index in [1.807, 2.05) is 0 Å². The maximum absolute atomic E-state index is 12.7. The topological polar surface area (TPSA) is 90.5 Å². The van der Waals surface area contributed by atoms with E-state index in [-0.39, 0.29) is 24.4 Å². The van der Waals surface area contributed by atoms with Crippen LogP contribution in [0.4, 0.5) is 4.79 Å². The third-order valence-corrected chi connectivity index (χ3v) is 4.85. The summed E-state index contributed by atoms with van der Waals surface area (Å²) in [5.41, 5.74) is -0.928. The van der Waals surface area contributed by atoms with Crippen LogP contribution in [0, 0.1) is 5.92 Å². The van der Waals surface area contributed by atoms with E-state index in [9.17, 15) is 14.4 Å². The van der Waals surface area contributed by atoms with Crippen LogP contribution in [-0.4, -0.2) is 54.0 Å². The van der Waals surface area contributed by atoms with Crippen LogP contribution in [0.1, 0.15) is 32.6 Å². The number of hydrogen-bond donors (Lipinski definition) is 3. The van der Waals surface area contributed by atoms with Crippen molar-refractivity contribution in [3.8, 4) is 0 Å². The number of hydrogen-bond acceptors (Lipinski definition) is 4. The molecule has 3 N–H and O–H groups in total. The molecule has 3 atom stereocenters. The van der Waals surface area contributed by atoms with Crippen molar-refractivity contribution in [2.24, 2.45) is 5.92 Å². The van der Waals surface area contributed by atoms with Crippen LogP contribution in [0.25, 0.3) is 0 Å². The van der Waals surface area contributed by atoms with Gasteiger partial charge in [-0.1, -0.05) is 6.92 Å². The SMILES string of the molecule is CC1CCCNC1C(=O)N1CCCC2(C1)NC(=O)NC2=O. The molecule has 3 fully saturated rings. The molecule has 116 valence electrons. The van der Waals surface area contributed by atoms with Crippen molar-refractivity contribution in [2.45, 2.75) is 44.2 Å². The number of nitrogens with zero attached hydrogens (tertiary/aromatic N) is 1. The monoisotopic (exact) mass is 294 g/mol. The van der Waals surface area contributed by atoms with E-state index >= 15 is 0 Å². The Morgan fingerprint density at radius 3 is 2.81 bits per heavy atom. The van der Waals surface area contributed by atoms with Crippen LogP contribution in [0.2, 0.25) is 0 Å². The predicted octanol–water partition coefficient (Wildman–Crippen LogP) is -0.425. The number of rotatable bonds is 1. The second-order valence-corrected chi connectivity index (χ2v) is 6.41. The molecular formula is C14H22N4O3. The number of nitrogens with one attached hydrogen (secondary N) is 3. The maximum atomic E-state index is 12.7. The minimum Gasteiger partial charge on any atom is -0.338 e. The lowest BCUT2D eigenvalue weighted by atomic mass is 9.87. The van der Waals surface area contributed by atoms with Gasteiger partial charge in [0, 0.05) is 6.54 Å². The molecule has 4 amide bonds. The van der Waals surface area contributed by atoms with Crippen LogP contribution in [0.15, 0.2) is 0 Å². The normalized spacial score (nSPS) is 36.5. The minimum absolute atomic E-state index is 0.0511. The standard InChI is InChI=1S/C14H22N4O3/c1-9-4-2-6-15-10(9)11(19)18-7-3-5-14(8-18)12(20)16-13(21)17-14/h9-10,15H,2-8H2,1H3,(H2,16,17,20,21). The van der Waals surface area contributed by atoms with Crippen molar-refractivity contribution >= 4 is 17.8 Å². The van der Waals surface area contributed by atoms with Gasteiger partial charge in [-0.15, -0.1) is 0 Å². The molecule has 3 unspecified atom stereocenters. The second kappa shape index (κ2) is 5.29. The summed E-state index contributed by atoms with van der Waals surface area (Å²) in [6.45, 7) is 3.86. The van der Waals surface area contributed by atoms with Gasteiger partial charge in [-0.2, -0.15) is 0 Å². The number of imide groups is 1. The summed E-state index contributed by atoms with van der Waals surface area (Å²) in [4.78, 5) is 37.9. The number of urea groups is 1. The number of piperidine rings is 2. The molecule has 0 bridgehead atoms. The Kier molecular flexibility index (Phi) is 3.61. The zero-order valence-electron chi connectivity index (χ0n) is 12.3. The van der Waals surface area contributed by atoms with Crippen molar-refractivity contribution in [1.29, 1.82) is 0 Å². The summed E-state index contributed by atoms with van der Waals surface area (Å²) in [5, 5.41) is 8.27. The summed E-state index contributed by atoms with van der Waals surface area (Å²) in [6.07, 6.45) is 3.44. The summed E-state index contributed by atoms with van der Waals surface area (Å²) >= 11 is 0. The molecule has 3 rings (SSSR count). The molecule has 7 nitrogen and oxygen atoms in total.